The third-order valence-electron chi connectivity index (χ3n) is 4.61. The third kappa shape index (κ3) is 5.82. The number of methoxy groups -OCH3 is 1. The van der Waals surface area contributed by atoms with E-state index >= 15 is 0 Å². The SMILES string of the molecule is COc1ccc(C(NC(=O)CNC(=O)[C@@H](N)C(C)C)c2ccc(C)cc2)cc1. The summed E-state index contributed by atoms with van der Waals surface area (Å²) in [7, 11) is 1.61. The van der Waals surface area contributed by atoms with Crippen molar-refractivity contribution < 1.29 is 14.3 Å². The van der Waals surface area contributed by atoms with E-state index in [1.54, 1.807) is 7.11 Å². The van der Waals surface area contributed by atoms with Crippen molar-refractivity contribution in [3.05, 3.63) is 65.2 Å². The van der Waals surface area contributed by atoms with Crippen molar-refractivity contribution in [2.24, 2.45) is 11.7 Å². The molecule has 6 nitrogen and oxygen atoms in total. The minimum Gasteiger partial charge on any atom is -0.497 e. The second-order valence-corrected chi connectivity index (χ2v) is 7.17. The van der Waals surface area contributed by atoms with E-state index < -0.39 is 6.04 Å². The number of rotatable bonds is 8. The van der Waals surface area contributed by atoms with Crippen molar-refractivity contribution in [2.75, 3.05) is 13.7 Å². The van der Waals surface area contributed by atoms with Gasteiger partial charge in [0, 0.05) is 0 Å². The smallest absolute Gasteiger partial charge is 0.240 e. The molecule has 0 spiro atoms. The Bertz CT molecular complexity index is 786. The molecule has 0 heterocycles. The molecule has 0 aromatic heterocycles. The average molecular weight is 383 g/mol. The number of carbonyl (C=O) groups is 2. The van der Waals surface area contributed by atoms with E-state index in [-0.39, 0.29) is 30.3 Å². The van der Waals surface area contributed by atoms with Crippen molar-refractivity contribution in [1.29, 1.82) is 0 Å². The number of benzene rings is 2. The van der Waals surface area contributed by atoms with E-state index in [0.29, 0.717) is 0 Å². The first kappa shape index (κ1) is 21.4. The van der Waals surface area contributed by atoms with Crippen LogP contribution in [-0.2, 0) is 9.59 Å². The van der Waals surface area contributed by atoms with Gasteiger partial charge in [0.1, 0.15) is 5.75 Å². The quantitative estimate of drug-likeness (QED) is 0.652. The fourth-order valence-electron chi connectivity index (χ4n) is 2.71. The Hall–Kier alpha value is -2.86. The first-order valence-corrected chi connectivity index (χ1v) is 9.35. The fourth-order valence-corrected chi connectivity index (χ4v) is 2.71. The third-order valence-corrected chi connectivity index (χ3v) is 4.61. The molecule has 2 atom stereocenters. The number of nitrogens with two attached hydrogens (primary N) is 1. The van der Waals surface area contributed by atoms with Crippen LogP contribution < -0.4 is 21.1 Å². The second kappa shape index (κ2) is 9.90. The first-order chi connectivity index (χ1) is 13.3. The fraction of sp³-hybridized carbons (Fsp3) is 0.364. The van der Waals surface area contributed by atoms with Crippen molar-refractivity contribution in [3.63, 3.8) is 0 Å². The van der Waals surface area contributed by atoms with Crippen LogP contribution in [0, 0.1) is 12.8 Å². The molecule has 4 N–H and O–H groups in total. The van der Waals surface area contributed by atoms with E-state index in [1.807, 2.05) is 69.3 Å². The van der Waals surface area contributed by atoms with Crippen LogP contribution >= 0.6 is 0 Å². The molecule has 150 valence electrons. The van der Waals surface area contributed by atoms with Gasteiger partial charge in [0.15, 0.2) is 0 Å². The molecule has 6 heteroatoms. The lowest BCUT2D eigenvalue weighted by Crippen LogP contribution is -2.47. The van der Waals surface area contributed by atoms with Gasteiger partial charge in [0.05, 0.1) is 25.7 Å². The van der Waals surface area contributed by atoms with Crippen LogP contribution in [-0.4, -0.2) is 31.5 Å². The molecule has 2 aromatic carbocycles. The Labute approximate surface area is 166 Å². The number of carbonyl (C=O) groups excluding carboxylic acids is 2. The normalized spacial score (nSPS) is 12.9. The molecule has 2 aromatic rings. The molecular formula is C22H29N3O3. The largest absolute Gasteiger partial charge is 0.497 e. The Kier molecular flexibility index (Phi) is 7.58. The van der Waals surface area contributed by atoms with Gasteiger partial charge in [-0.25, -0.2) is 0 Å². The van der Waals surface area contributed by atoms with Gasteiger partial charge < -0.3 is 21.1 Å². The summed E-state index contributed by atoms with van der Waals surface area (Å²) >= 11 is 0. The number of hydrogen-bond acceptors (Lipinski definition) is 4. The predicted octanol–water partition coefficient (Wildman–Crippen LogP) is 2.31. The lowest BCUT2D eigenvalue weighted by atomic mass is 9.97. The maximum atomic E-state index is 12.5. The monoisotopic (exact) mass is 383 g/mol. The summed E-state index contributed by atoms with van der Waals surface area (Å²) in [5.74, 6) is 0.127. The van der Waals surface area contributed by atoms with E-state index in [9.17, 15) is 9.59 Å². The highest BCUT2D eigenvalue weighted by Gasteiger charge is 2.20. The van der Waals surface area contributed by atoms with Crippen molar-refractivity contribution in [3.8, 4) is 5.75 Å². The summed E-state index contributed by atoms with van der Waals surface area (Å²) in [4.78, 5) is 24.5. The topological polar surface area (TPSA) is 93.5 Å². The summed E-state index contributed by atoms with van der Waals surface area (Å²) < 4.78 is 5.21. The average Bonchev–Trinajstić information content (AvgIpc) is 2.70. The molecule has 0 aliphatic heterocycles. The molecule has 28 heavy (non-hydrogen) atoms. The van der Waals surface area contributed by atoms with Gasteiger partial charge in [-0.3, -0.25) is 9.59 Å². The Balaban J connectivity index is 2.14. The minimum absolute atomic E-state index is 0.00247. The molecule has 0 saturated heterocycles. The van der Waals surface area contributed by atoms with Crippen molar-refractivity contribution in [2.45, 2.75) is 32.9 Å². The van der Waals surface area contributed by atoms with Gasteiger partial charge in [-0.05, 0) is 36.1 Å². The number of ether oxygens (including phenoxy) is 1. The zero-order valence-corrected chi connectivity index (χ0v) is 16.9. The van der Waals surface area contributed by atoms with Crippen molar-refractivity contribution >= 4 is 11.8 Å². The van der Waals surface area contributed by atoms with E-state index in [1.165, 1.54) is 0 Å². The molecule has 0 radical (unpaired) electrons. The van der Waals surface area contributed by atoms with Gasteiger partial charge in [-0.1, -0.05) is 55.8 Å². The molecule has 1 unspecified atom stereocenters. The highest BCUT2D eigenvalue weighted by Crippen LogP contribution is 2.24. The van der Waals surface area contributed by atoms with E-state index in [2.05, 4.69) is 10.6 Å². The van der Waals surface area contributed by atoms with Gasteiger partial charge in [0.2, 0.25) is 11.8 Å². The predicted molar refractivity (Wildman–Crippen MR) is 110 cm³/mol. The van der Waals surface area contributed by atoms with Gasteiger partial charge in [0.25, 0.3) is 0 Å². The van der Waals surface area contributed by atoms with Crippen LogP contribution in [0.5, 0.6) is 5.75 Å². The van der Waals surface area contributed by atoms with E-state index in [0.717, 1.165) is 22.4 Å². The standard InChI is InChI=1S/C22H29N3O3/c1-14(2)20(23)22(27)24-13-19(26)25-21(16-7-5-15(3)6-8-16)17-9-11-18(28-4)12-10-17/h5-12,14,20-21H,13,23H2,1-4H3,(H,24,27)(H,25,26)/t20-,21?/m0/s1. The number of amides is 2. The van der Waals surface area contributed by atoms with Crippen molar-refractivity contribution in [1.82, 2.24) is 10.6 Å². The molecule has 2 rings (SSSR count). The van der Waals surface area contributed by atoms with Gasteiger partial charge >= 0.3 is 0 Å². The van der Waals surface area contributed by atoms with E-state index in [4.69, 9.17) is 10.5 Å². The Morgan fingerprint density at radius 1 is 1.00 bits per heavy atom. The maximum Gasteiger partial charge on any atom is 0.240 e. The lowest BCUT2D eigenvalue weighted by molar-refractivity contribution is -0.127. The van der Waals surface area contributed by atoms with Crippen LogP contribution in [0.2, 0.25) is 0 Å². The first-order valence-electron chi connectivity index (χ1n) is 9.35. The minimum atomic E-state index is -0.637. The molecule has 0 fully saturated rings. The summed E-state index contributed by atoms with van der Waals surface area (Å²) in [6.07, 6.45) is 0. The zero-order chi connectivity index (χ0) is 20.7. The van der Waals surface area contributed by atoms with Gasteiger partial charge in [-0.15, -0.1) is 0 Å². The number of hydrogen-bond donors (Lipinski definition) is 3. The van der Waals surface area contributed by atoms with Crippen LogP contribution in [0.4, 0.5) is 0 Å². The highest BCUT2D eigenvalue weighted by molar-refractivity contribution is 5.87. The van der Waals surface area contributed by atoms with Crippen LogP contribution in [0.15, 0.2) is 48.5 Å². The molecule has 0 bridgehead atoms. The Morgan fingerprint density at radius 3 is 2.04 bits per heavy atom. The molecule has 0 aliphatic rings. The Morgan fingerprint density at radius 2 is 1.54 bits per heavy atom. The summed E-state index contributed by atoms with van der Waals surface area (Å²) in [5, 5.41) is 5.60. The zero-order valence-electron chi connectivity index (χ0n) is 16.9. The van der Waals surface area contributed by atoms with Crippen LogP contribution in [0.1, 0.15) is 36.6 Å². The second-order valence-electron chi connectivity index (χ2n) is 7.17. The molecule has 0 saturated carbocycles. The molecular weight excluding hydrogens is 354 g/mol. The van der Waals surface area contributed by atoms with Crippen LogP contribution in [0.25, 0.3) is 0 Å². The van der Waals surface area contributed by atoms with Gasteiger partial charge in [-0.2, -0.15) is 0 Å². The highest BCUT2D eigenvalue weighted by atomic mass is 16.5. The number of nitrogens with one attached hydrogen (secondary N) is 2. The summed E-state index contributed by atoms with van der Waals surface area (Å²) in [5.41, 5.74) is 8.83. The summed E-state index contributed by atoms with van der Waals surface area (Å²) in [6.45, 7) is 5.61. The summed E-state index contributed by atoms with van der Waals surface area (Å²) in [6, 6.07) is 14.5. The van der Waals surface area contributed by atoms with Crippen LogP contribution in [0.3, 0.4) is 0 Å². The molecule has 2 amide bonds. The molecule has 0 aliphatic carbocycles. The lowest BCUT2D eigenvalue weighted by Gasteiger charge is -2.21. The maximum absolute atomic E-state index is 12.5. The number of aryl methyl sites for hydroxylation is 1.